The van der Waals surface area contributed by atoms with Crippen LogP contribution >= 0.6 is 11.8 Å². The van der Waals surface area contributed by atoms with Crippen LogP contribution in [-0.2, 0) is 12.3 Å². The number of nitrogens with zero attached hydrogens (tertiary/aromatic N) is 1. The fraction of sp³-hybridized carbons (Fsp3) is 0.467. The maximum Gasteiger partial charge on any atom is 0.122 e. The Morgan fingerprint density at radius 2 is 2.05 bits per heavy atom. The molecule has 0 spiro atoms. The topological polar surface area (TPSA) is 41.6 Å². The van der Waals surface area contributed by atoms with Crippen molar-refractivity contribution in [2.75, 3.05) is 26.9 Å². The third-order valence-electron chi connectivity index (χ3n) is 3.14. The maximum atomic E-state index is 5.74. The average molecular weight is 294 g/mol. The van der Waals surface area contributed by atoms with Crippen LogP contribution < -0.4 is 5.32 Å². The molecule has 0 saturated carbocycles. The largest absolute Gasteiger partial charge is 0.468 e. The molecule has 0 radical (unpaired) electrons. The van der Waals surface area contributed by atoms with Gasteiger partial charge < -0.3 is 14.2 Å². The molecular formula is C15H22N2O2S. The normalized spacial score (nSPS) is 13.0. The molecule has 0 amide bonds. The van der Waals surface area contributed by atoms with Gasteiger partial charge in [0.25, 0.3) is 0 Å². The lowest BCUT2D eigenvalue weighted by Crippen LogP contribution is -2.30. The van der Waals surface area contributed by atoms with Crippen LogP contribution in [0, 0.1) is 0 Å². The van der Waals surface area contributed by atoms with Crippen molar-refractivity contribution in [3.63, 3.8) is 0 Å². The van der Waals surface area contributed by atoms with Gasteiger partial charge in [0.2, 0.25) is 0 Å². The van der Waals surface area contributed by atoms with E-state index in [4.69, 9.17) is 8.83 Å². The number of likely N-dealkylation sites (N-methyl/N-ethyl adjacent to an activating group) is 1. The lowest BCUT2D eigenvalue weighted by Gasteiger charge is -2.22. The van der Waals surface area contributed by atoms with Crippen molar-refractivity contribution in [1.29, 1.82) is 0 Å². The predicted molar refractivity (Wildman–Crippen MR) is 82.8 cm³/mol. The van der Waals surface area contributed by atoms with Gasteiger partial charge in [-0.25, -0.2) is 0 Å². The second-order valence-electron chi connectivity index (χ2n) is 4.93. The Balaban J connectivity index is 1.84. The molecule has 1 unspecified atom stereocenters. The number of nitrogens with one attached hydrogen (secondary N) is 1. The van der Waals surface area contributed by atoms with E-state index in [2.05, 4.69) is 30.6 Å². The van der Waals surface area contributed by atoms with Crippen LogP contribution in [0.1, 0.15) is 23.3 Å². The lowest BCUT2D eigenvalue weighted by atomic mass is 10.2. The summed E-state index contributed by atoms with van der Waals surface area (Å²) >= 11 is 1.77. The van der Waals surface area contributed by atoms with Crippen molar-refractivity contribution in [3.8, 4) is 0 Å². The third-order valence-corrected chi connectivity index (χ3v) is 3.71. The van der Waals surface area contributed by atoms with Gasteiger partial charge in [-0.2, -0.15) is 11.8 Å². The first-order chi connectivity index (χ1) is 9.70. The van der Waals surface area contributed by atoms with E-state index in [1.165, 1.54) is 0 Å². The van der Waals surface area contributed by atoms with E-state index in [0.29, 0.717) is 0 Å². The molecule has 110 valence electrons. The monoisotopic (exact) mass is 294 g/mol. The fourth-order valence-corrected chi connectivity index (χ4v) is 2.53. The molecular weight excluding hydrogens is 272 g/mol. The van der Waals surface area contributed by atoms with Gasteiger partial charge in [-0.05, 0) is 44.6 Å². The SMILES string of the molecule is CSCc1ccc(CNCC(c2ccco2)N(C)C)o1. The Labute approximate surface area is 124 Å². The molecule has 2 rings (SSSR count). The quantitative estimate of drug-likeness (QED) is 0.810. The summed E-state index contributed by atoms with van der Waals surface area (Å²) < 4.78 is 11.2. The second-order valence-corrected chi connectivity index (χ2v) is 5.79. The minimum atomic E-state index is 0.227. The van der Waals surface area contributed by atoms with E-state index in [1.54, 1.807) is 18.0 Å². The Kier molecular flexibility index (Phi) is 5.76. The number of hydrogen-bond donors (Lipinski definition) is 1. The molecule has 2 aromatic heterocycles. The molecule has 2 aromatic rings. The van der Waals surface area contributed by atoms with Crippen molar-refractivity contribution in [2.45, 2.75) is 18.3 Å². The minimum absolute atomic E-state index is 0.227. The van der Waals surface area contributed by atoms with Gasteiger partial charge in [0, 0.05) is 6.54 Å². The van der Waals surface area contributed by atoms with Gasteiger partial charge in [0.15, 0.2) is 0 Å². The number of rotatable bonds is 8. The van der Waals surface area contributed by atoms with Crippen molar-refractivity contribution < 1.29 is 8.83 Å². The summed E-state index contributed by atoms with van der Waals surface area (Å²) in [5, 5.41) is 3.42. The van der Waals surface area contributed by atoms with Crippen molar-refractivity contribution in [2.24, 2.45) is 0 Å². The van der Waals surface area contributed by atoms with Crippen LogP contribution in [0.3, 0.4) is 0 Å². The lowest BCUT2D eigenvalue weighted by molar-refractivity contribution is 0.248. The van der Waals surface area contributed by atoms with E-state index in [0.717, 1.165) is 36.1 Å². The molecule has 5 heteroatoms. The average Bonchev–Trinajstić information content (AvgIpc) is 3.06. The van der Waals surface area contributed by atoms with Crippen LogP contribution in [-0.4, -0.2) is 31.8 Å². The van der Waals surface area contributed by atoms with Crippen molar-refractivity contribution in [1.82, 2.24) is 10.2 Å². The zero-order valence-corrected chi connectivity index (χ0v) is 13.1. The highest BCUT2D eigenvalue weighted by Crippen LogP contribution is 2.18. The molecule has 1 N–H and O–H groups in total. The zero-order valence-electron chi connectivity index (χ0n) is 12.3. The van der Waals surface area contributed by atoms with Crippen molar-refractivity contribution >= 4 is 11.8 Å². The van der Waals surface area contributed by atoms with Crippen LogP contribution in [0.5, 0.6) is 0 Å². The first-order valence-electron chi connectivity index (χ1n) is 6.67. The van der Waals surface area contributed by atoms with Crippen LogP contribution in [0.2, 0.25) is 0 Å². The summed E-state index contributed by atoms with van der Waals surface area (Å²) in [5.74, 6) is 3.91. The third kappa shape index (κ3) is 4.16. The van der Waals surface area contributed by atoms with Gasteiger partial charge in [-0.15, -0.1) is 0 Å². The zero-order chi connectivity index (χ0) is 14.4. The van der Waals surface area contributed by atoms with Crippen molar-refractivity contribution in [3.05, 3.63) is 47.8 Å². The summed E-state index contributed by atoms with van der Waals surface area (Å²) in [5.41, 5.74) is 0. The smallest absolute Gasteiger partial charge is 0.122 e. The highest BCUT2D eigenvalue weighted by atomic mass is 32.2. The Hall–Kier alpha value is -1.17. The Morgan fingerprint density at radius 1 is 1.25 bits per heavy atom. The molecule has 0 aliphatic heterocycles. The summed E-state index contributed by atoms with van der Waals surface area (Å²) in [4.78, 5) is 2.15. The Bertz CT molecular complexity index is 494. The first-order valence-corrected chi connectivity index (χ1v) is 8.07. The summed E-state index contributed by atoms with van der Waals surface area (Å²) in [7, 11) is 4.11. The molecule has 1 atom stereocenters. The van der Waals surface area contributed by atoms with Gasteiger partial charge in [0.05, 0.1) is 24.6 Å². The number of furan rings is 2. The predicted octanol–water partition coefficient (Wildman–Crippen LogP) is 3.13. The standard InChI is InChI=1S/C15H22N2O2S/c1-17(2)14(15-5-4-8-18-15)10-16-9-12-6-7-13(19-12)11-20-3/h4-8,14,16H,9-11H2,1-3H3. The minimum Gasteiger partial charge on any atom is -0.468 e. The van der Waals surface area contributed by atoms with Gasteiger partial charge in [0.1, 0.15) is 17.3 Å². The molecule has 0 aromatic carbocycles. The van der Waals surface area contributed by atoms with Gasteiger partial charge in [-0.3, -0.25) is 4.90 Å². The highest BCUT2D eigenvalue weighted by molar-refractivity contribution is 7.97. The fourth-order valence-electron chi connectivity index (χ4n) is 2.09. The van der Waals surface area contributed by atoms with Crippen LogP contribution in [0.15, 0.2) is 39.4 Å². The molecule has 4 nitrogen and oxygen atoms in total. The Morgan fingerprint density at radius 3 is 2.70 bits per heavy atom. The molecule has 2 heterocycles. The second kappa shape index (κ2) is 7.57. The van der Waals surface area contributed by atoms with E-state index in [9.17, 15) is 0 Å². The van der Waals surface area contributed by atoms with Gasteiger partial charge >= 0.3 is 0 Å². The molecule has 0 bridgehead atoms. The maximum absolute atomic E-state index is 5.74. The first kappa shape index (κ1) is 15.2. The van der Waals surface area contributed by atoms with E-state index in [1.807, 2.05) is 24.3 Å². The van der Waals surface area contributed by atoms with E-state index in [-0.39, 0.29) is 6.04 Å². The summed E-state index contributed by atoms with van der Waals surface area (Å²) in [6.45, 7) is 1.55. The number of thioether (sulfide) groups is 1. The molecule has 20 heavy (non-hydrogen) atoms. The number of hydrogen-bond acceptors (Lipinski definition) is 5. The summed E-state index contributed by atoms with van der Waals surface area (Å²) in [6, 6.07) is 8.24. The van der Waals surface area contributed by atoms with Crippen LogP contribution in [0.25, 0.3) is 0 Å². The van der Waals surface area contributed by atoms with Gasteiger partial charge in [-0.1, -0.05) is 0 Å². The van der Waals surface area contributed by atoms with E-state index >= 15 is 0 Å². The van der Waals surface area contributed by atoms with E-state index < -0.39 is 0 Å². The molecule has 0 aliphatic carbocycles. The molecule has 0 saturated heterocycles. The highest BCUT2D eigenvalue weighted by Gasteiger charge is 2.16. The summed E-state index contributed by atoms with van der Waals surface area (Å²) in [6.07, 6.45) is 3.79. The molecule has 0 aliphatic rings. The van der Waals surface area contributed by atoms with Crippen LogP contribution in [0.4, 0.5) is 0 Å². The molecule has 0 fully saturated rings.